The summed E-state index contributed by atoms with van der Waals surface area (Å²) in [5.41, 5.74) is 0.748. The van der Waals surface area contributed by atoms with E-state index in [9.17, 15) is 18.4 Å². The molecule has 0 aliphatic rings. The van der Waals surface area contributed by atoms with Crippen LogP contribution in [0.4, 0.5) is 8.78 Å². The number of hydrogen-bond donors (Lipinski definition) is 3. The first-order chi connectivity index (χ1) is 11.9. The average Bonchev–Trinajstić information content (AvgIpc) is 2.58. The summed E-state index contributed by atoms with van der Waals surface area (Å²) in [6.45, 7) is 0.674. The van der Waals surface area contributed by atoms with E-state index in [-0.39, 0.29) is 35.6 Å². The first-order valence-corrected chi connectivity index (χ1v) is 7.46. The van der Waals surface area contributed by atoms with E-state index in [4.69, 9.17) is 5.11 Å². The smallest absolute Gasteiger partial charge is 0.253 e. The van der Waals surface area contributed by atoms with E-state index >= 15 is 0 Å². The van der Waals surface area contributed by atoms with Crippen molar-refractivity contribution in [3.05, 3.63) is 64.5 Å². The third kappa shape index (κ3) is 4.80. The van der Waals surface area contributed by atoms with Crippen molar-refractivity contribution in [3.63, 3.8) is 0 Å². The Hall–Kier alpha value is -2.87. The number of rotatable bonds is 6. The Bertz CT molecular complexity index is 797. The van der Waals surface area contributed by atoms with Crippen LogP contribution in [0.15, 0.2) is 30.5 Å². The van der Waals surface area contributed by atoms with Crippen LogP contribution in [0.25, 0.3) is 0 Å². The molecular weight excluding hydrogens is 332 g/mol. The largest absolute Gasteiger partial charge is 0.376 e. The molecule has 0 fully saturated rings. The van der Waals surface area contributed by atoms with Crippen LogP contribution in [0.2, 0.25) is 0 Å². The number of halogens is 2. The number of nitrogens with one attached hydrogen (secondary N) is 2. The molecule has 3 N–H and O–H groups in total. The van der Waals surface area contributed by atoms with Crippen LogP contribution in [-0.2, 0) is 17.8 Å². The molecule has 0 bridgehead atoms. The molecule has 0 unspecified atom stereocenters. The molecule has 1 aromatic heterocycles. The SMILES string of the molecule is CC(=O)NCc1ccc(Cc2cc(C(=O)NCO)ccn2)c(F)c1F. The number of nitrogens with zero attached hydrogens (tertiary/aromatic N) is 1. The van der Waals surface area contributed by atoms with Crippen LogP contribution >= 0.6 is 0 Å². The number of carbonyl (C=O) groups is 2. The molecule has 1 aromatic carbocycles. The minimum Gasteiger partial charge on any atom is -0.376 e. The number of pyridine rings is 1. The lowest BCUT2D eigenvalue weighted by molar-refractivity contribution is -0.119. The number of aliphatic hydroxyl groups is 1. The van der Waals surface area contributed by atoms with E-state index in [0.717, 1.165) is 0 Å². The number of benzene rings is 1. The zero-order chi connectivity index (χ0) is 18.4. The second-order valence-electron chi connectivity index (χ2n) is 5.30. The zero-order valence-corrected chi connectivity index (χ0v) is 13.5. The first-order valence-electron chi connectivity index (χ1n) is 7.46. The highest BCUT2D eigenvalue weighted by Crippen LogP contribution is 2.19. The predicted octanol–water partition coefficient (Wildman–Crippen LogP) is 1.27. The monoisotopic (exact) mass is 349 g/mol. The van der Waals surface area contributed by atoms with Gasteiger partial charge in [-0.1, -0.05) is 12.1 Å². The van der Waals surface area contributed by atoms with E-state index in [1.807, 2.05) is 0 Å². The summed E-state index contributed by atoms with van der Waals surface area (Å²) in [6, 6.07) is 5.69. The van der Waals surface area contributed by atoms with E-state index < -0.39 is 24.3 Å². The van der Waals surface area contributed by atoms with Gasteiger partial charge in [0.2, 0.25) is 5.91 Å². The van der Waals surface area contributed by atoms with Gasteiger partial charge >= 0.3 is 0 Å². The molecule has 0 radical (unpaired) electrons. The van der Waals surface area contributed by atoms with Crippen molar-refractivity contribution < 1.29 is 23.5 Å². The van der Waals surface area contributed by atoms with Gasteiger partial charge in [0.15, 0.2) is 11.6 Å². The Morgan fingerprint density at radius 3 is 2.48 bits per heavy atom. The van der Waals surface area contributed by atoms with Crippen LogP contribution in [-0.4, -0.2) is 28.6 Å². The maximum absolute atomic E-state index is 14.2. The maximum Gasteiger partial charge on any atom is 0.253 e. The summed E-state index contributed by atoms with van der Waals surface area (Å²) in [5, 5.41) is 13.3. The summed E-state index contributed by atoms with van der Waals surface area (Å²) in [4.78, 5) is 26.6. The first kappa shape index (κ1) is 18.5. The molecule has 2 amide bonds. The van der Waals surface area contributed by atoms with Gasteiger partial charge in [0.25, 0.3) is 5.91 Å². The van der Waals surface area contributed by atoms with Crippen molar-refractivity contribution in [2.75, 3.05) is 6.73 Å². The number of carbonyl (C=O) groups excluding carboxylic acids is 2. The molecule has 0 aliphatic heterocycles. The molecule has 0 spiro atoms. The quantitative estimate of drug-likeness (QED) is 0.685. The van der Waals surface area contributed by atoms with Gasteiger partial charge in [0.05, 0.1) is 0 Å². The fraction of sp³-hybridized carbons (Fsp3) is 0.235. The predicted molar refractivity (Wildman–Crippen MR) is 85.5 cm³/mol. The Morgan fingerprint density at radius 1 is 1.12 bits per heavy atom. The fourth-order valence-corrected chi connectivity index (χ4v) is 2.21. The maximum atomic E-state index is 14.2. The van der Waals surface area contributed by atoms with Crippen LogP contribution in [0, 0.1) is 11.6 Å². The molecule has 132 valence electrons. The van der Waals surface area contributed by atoms with Gasteiger partial charge in [-0.25, -0.2) is 8.78 Å². The molecule has 8 heteroatoms. The topological polar surface area (TPSA) is 91.3 Å². The highest BCUT2D eigenvalue weighted by Gasteiger charge is 2.15. The Labute approximate surface area is 142 Å². The van der Waals surface area contributed by atoms with Crippen LogP contribution in [0.3, 0.4) is 0 Å². The summed E-state index contributed by atoms with van der Waals surface area (Å²) in [5.74, 6) is -2.88. The third-order valence-electron chi connectivity index (χ3n) is 3.46. The summed E-state index contributed by atoms with van der Waals surface area (Å²) < 4.78 is 28.3. The average molecular weight is 349 g/mol. The van der Waals surface area contributed by atoms with Crippen LogP contribution in [0.5, 0.6) is 0 Å². The van der Waals surface area contributed by atoms with Crippen molar-refractivity contribution in [2.45, 2.75) is 19.9 Å². The van der Waals surface area contributed by atoms with Gasteiger partial charge in [0, 0.05) is 42.9 Å². The lowest BCUT2D eigenvalue weighted by atomic mass is 10.0. The summed E-state index contributed by atoms with van der Waals surface area (Å²) in [6.07, 6.45) is 1.37. The zero-order valence-electron chi connectivity index (χ0n) is 13.5. The van der Waals surface area contributed by atoms with Gasteiger partial charge < -0.3 is 15.7 Å². The minimum atomic E-state index is -1.03. The second-order valence-corrected chi connectivity index (χ2v) is 5.30. The van der Waals surface area contributed by atoms with Gasteiger partial charge in [-0.15, -0.1) is 0 Å². The Balaban J connectivity index is 2.20. The van der Waals surface area contributed by atoms with Crippen molar-refractivity contribution in [1.82, 2.24) is 15.6 Å². The van der Waals surface area contributed by atoms with E-state index in [1.165, 1.54) is 37.4 Å². The summed E-state index contributed by atoms with van der Waals surface area (Å²) >= 11 is 0. The van der Waals surface area contributed by atoms with Crippen molar-refractivity contribution >= 4 is 11.8 Å². The molecule has 0 saturated carbocycles. The van der Waals surface area contributed by atoms with Gasteiger partial charge in [-0.05, 0) is 17.7 Å². The third-order valence-corrected chi connectivity index (χ3v) is 3.46. The van der Waals surface area contributed by atoms with E-state index in [0.29, 0.717) is 5.69 Å². The molecule has 2 aromatic rings. The molecular formula is C17H17F2N3O3. The van der Waals surface area contributed by atoms with Crippen molar-refractivity contribution in [3.8, 4) is 0 Å². The standard InChI is InChI=1S/C17H17F2N3O3/c1-10(24)21-8-13-3-2-11(15(18)16(13)19)6-14-7-12(4-5-20-14)17(25)22-9-23/h2-5,7,23H,6,8-9H2,1H3,(H,21,24)(H,22,25). The van der Waals surface area contributed by atoms with Gasteiger partial charge in [0.1, 0.15) is 6.73 Å². The van der Waals surface area contributed by atoms with Gasteiger partial charge in [-0.2, -0.15) is 0 Å². The van der Waals surface area contributed by atoms with E-state index in [1.54, 1.807) is 0 Å². The van der Waals surface area contributed by atoms with Crippen molar-refractivity contribution in [1.29, 1.82) is 0 Å². The number of amides is 2. The normalized spacial score (nSPS) is 10.4. The molecule has 0 aliphatic carbocycles. The van der Waals surface area contributed by atoms with Crippen LogP contribution < -0.4 is 10.6 Å². The second kappa shape index (κ2) is 8.29. The molecule has 0 atom stereocenters. The number of hydrogen-bond acceptors (Lipinski definition) is 4. The molecule has 2 rings (SSSR count). The molecule has 0 saturated heterocycles. The highest BCUT2D eigenvalue weighted by atomic mass is 19.2. The molecule has 25 heavy (non-hydrogen) atoms. The Morgan fingerprint density at radius 2 is 1.80 bits per heavy atom. The van der Waals surface area contributed by atoms with E-state index in [2.05, 4.69) is 15.6 Å². The number of aliphatic hydroxyl groups excluding tert-OH is 1. The molecule has 1 heterocycles. The Kier molecular flexibility index (Phi) is 6.13. The summed E-state index contributed by atoms with van der Waals surface area (Å²) in [7, 11) is 0. The number of aromatic nitrogens is 1. The molecule has 6 nitrogen and oxygen atoms in total. The lowest BCUT2D eigenvalue weighted by Crippen LogP contribution is -2.24. The minimum absolute atomic E-state index is 0.0105. The highest BCUT2D eigenvalue weighted by molar-refractivity contribution is 5.94. The fourth-order valence-electron chi connectivity index (χ4n) is 2.21. The van der Waals surface area contributed by atoms with Gasteiger partial charge in [-0.3, -0.25) is 14.6 Å². The van der Waals surface area contributed by atoms with Crippen LogP contribution in [0.1, 0.15) is 34.1 Å². The lowest BCUT2D eigenvalue weighted by Gasteiger charge is -2.09. The van der Waals surface area contributed by atoms with Crippen molar-refractivity contribution in [2.24, 2.45) is 0 Å².